The van der Waals surface area contributed by atoms with Gasteiger partial charge in [-0.3, -0.25) is 0 Å². The van der Waals surface area contributed by atoms with Gasteiger partial charge in [-0.15, -0.1) is 0 Å². The highest BCUT2D eigenvalue weighted by atomic mass is 16.5. The molecule has 2 aromatic carbocycles. The summed E-state index contributed by atoms with van der Waals surface area (Å²) in [7, 11) is 1.59. The molecule has 0 radical (unpaired) electrons. The van der Waals surface area contributed by atoms with Gasteiger partial charge in [0, 0.05) is 0 Å². The Balaban J connectivity index is 1.65. The fraction of sp³-hybridized carbons (Fsp3) is 0.292. The fourth-order valence-electron chi connectivity index (χ4n) is 2.51. The van der Waals surface area contributed by atoms with Gasteiger partial charge >= 0.3 is 5.97 Å². The summed E-state index contributed by atoms with van der Waals surface area (Å²) < 4.78 is 21.5. The van der Waals surface area contributed by atoms with Crippen LogP contribution in [0.1, 0.15) is 36.0 Å². The van der Waals surface area contributed by atoms with Crippen LogP contribution < -0.4 is 14.2 Å². The third-order valence-electron chi connectivity index (χ3n) is 4.18. The zero-order valence-electron chi connectivity index (χ0n) is 16.9. The van der Waals surface area contributed by atoms with Crippen molar-refractivity contribution in [3.05, 3.63) is 79.1 Å². The van der Waals surface area contributed by atoms with E-state index in [1.165, 1.54) is 0 Å². The molecule has 0 fully saturated rings. The number of benzene rings is 2. The highest BCUT2D eigenvalue weighted by Crippen LogP contribution is 2.19. The van der Waals surface area contributed by atoms with Gasteiger partial charge in [-0.1, -0.05) is 13.2 Å². The van der Waals surface area contributed by atoms with E-state index >= 15 is 0 Å². The molecule has 2 rings (SSSR count). The minimum Gasteiger partial charge on any atom is -0.497 e. The molecular weight excluding hydrogens is 368 g/mol. The normalized spacial score (nSPS) is 10.1. The molecule has 0 saturated heterocycles. The largest absolute Gasteiger partial charge is 0.497 e. The molecule has 0 aliphatic rings. The third-order valence-corrected chi connectivity index (χ3v) is 4.18. The first-order valence-corrected chi connectivity index (χ1v) is 9.65. The lowest BCUT2D eigenvalue weighted by Gasteiger charge is -2.08. The van der Waals surface area contributed by atoms with Crippen molar-refractivity contribution in [1.29, 1.82) is 0 Å². The van der Waals surface area contributed by atoms with E-state index in [-0.39, 0.29) is 0 Å². The molecule has 0 unspecified atom stereocenters. The van der Waals surface area contributed by atoms with E-state index in [0.717, 1.165) is 31.4 Å². The molecule has 5 heteroatoms. The Labute approximate surface area is 172 Å². The predicted molar refractivity (Wildman–Crippen MR) is 114 cm³/mol. The van der Waals surface area contributed by atoms with Crippen molar-refractivity contribution in [2.75, 3.05) is 20.3 Å². The lowest BCUT2D eigenvalue weighted by Crippen LogP contribution is -2.08. The first-order valence-electron chi connectivity index (χ1n) is 9.65. The first kappa shape index (κ1) is 22.1. The van der Waals surface area contributed by atoms with Gasteiger partial charge in [0.2, 0.25) is 0 Å². The van der Waals surface area contributed by atoms with Crippen molar-refractivity contribution in [2.45, 2.75) is 25.7 Å². The average molecular weight is 396 g/mol. The molecule has 0 heterocycles. The lowest BCUT2D eigenvalue weighted by atomic mass is 10.2. The van der Waals surface area contributed by atoms with Crippen LogP contribution in [-0.4, -0.2) is 26.3 Å². The molecule has 0 aliphatic carbocycles. The Bertz CT molecular complexity index is 778. The molecule has 0 aliphatic heterocycles. The van der Waals surface area contributed by atoms with Gasteiger partial charge in [0.1, 0.15) is 23.0 Å². The second-order valence-corrected chi connectivity index (χ2v) is 6.37. The topological polar surface area (TPSA) is 54.0 Å². The first-order chi connectivity index (χ1) is 14.1. The van der Waals surface area contributed by atoms with Crippen LogP contribution in [0.5, 0.6) is 17.2 Å². The minimum absolute atomic E-state index is 0.414. The molecule has 0 spiro atoms. The van der Waals surface area contributed by atoms with E-state index in [9.17, 15) is 4.79 Å². The molecule has 0 atom stereocenters. The van der Waals surface area contributed by atoms with Crippen molar-refractivity contribution in [3.63, 3.8) is 0 Å². The Morgan fingerprint density at radius 3 is 2.07 bits per heavy atom. The number of carbonyl (C=O) groups excluding carboxylic acids is 1. The van der Waals surface area contributed by atoms with Gasteiger partial charge in [-0.2, -0.15) is 0 Å². The van der Waals surface area contributed by atoms with Crippen LogP contribution in [0.15, 0.2) is 73.5 Å². The highest BCUT2D eigenvalue weighted by molar-refractivity contribution is 5.91. The van der Waals surface area contributed by atoms with Crippen LogP contribution in [0, 0.1) is 0 Å². The lowest BCUT2D eigenvalue weighted by molar-refractivity contribution is 0.0734. The Morgan fingerprint density at radius 2 is 1.45 bits per heavy atom. The van der Waals surface area contributed by atoms with Crippen molar-refractivity contribution in [3.8, 4) is 17.2 Å². The van der Waals surface area contributed by atoms with Crippen LogP contribution in [0.25, 0.3) is 0 Å². The number of rotatable bonds is 13. The number of carbonyl (C=O) groups is 1. The number of esters is 1. The summed E-state index contributed by atoms with van der Waals surface area (Å²) in [5, 5.41) is 0. The summed E-state index contributed by atoms with van der Waals surface area (Å²) in [4.78, 5) is 12.2. The van der Waals surface area contributed by atoms with Gasteiger partial charge in [0.25, 0.3) is 0 Å². The van der Waals surface area contributed by atoms with E-state index in [1.54, 1.807) is 61.7 Å². The number of methoxy groups -OCH3 is 1. The van der Waals surface area contributed by atoms with Crippen molar-refractivity contribution in [1.82, 2.24) is 0 Å². The molecule has 0 amide bonds. The highest BCUT2D eigenvalue weighted by Gasteiger charge is 2.09. The standard InChI is InChI=1S/C24H28O5/c1-4-19(2)27-17-7-5-6-8-18-28-22-11-9-20(10-12-22)24(25)29-23-15-13-21(26-3)14-16-23/h4,9-16H,1-2,5-8,17-18H2,3H3. The number of ether oxygens (including phenoxy) is 4. The van der Waals surface area contributed by atoms with Crippen LogP contribution in [0.2, 0.25) is 0 Å². The summed E-state index contributed by atoms with van der Waals surface area (Å²) in [5.41, 5.74) is 0.467. The Morgan fingerprint density at radius 1 is 0.862 bits per heavy atom. The molecule has 5 nitrogen and oxygen atoms in total. The molecular formula is C24H28O5. The molecule has 154 valence electrons. The van der Waals surface area contributed by atoms with Gasteiger partial charge in [0.15, 0.2) is 0 Å². The summed E-state index contributed by atoms with van der Waals surface area (Å²) in [5.74, 6) is 2.11. The van der Waals surface area contributed by atoms with Gasteiger partial charge < -0.3 is 18.9 Å². The van der Waals surface area contributed by atoms with Crippen LogP contribution in [0.3, 0.4) is 0 Å². The number of unbranched alkanes of at least 4 members (excludes halogenated alkanes) is 3. The van der Waals surface area contributed by atoms with E-state index in [2.05, 4.69) is 13.2 Å². The quantitative estimate of drug-likeness (QED) is 0.146. The third kappa shape index (κ3) is 8.13. The molecule has 0 saturated carbocycles. The van der Waals surface area contributed by atoms with Gasteiger partial charge in [-0.25, -0.2) is 4.79 Å². The average Bonchev–Trinajstić information content (AvgIpc) is 2.76. The van der Waals surface area contributed by atoms with Crippen molar-refractivity contribution >= 4 is 5.97 Å². The monoisotopic (exact) mass is 396 g/mol. The van der Waals surface area contributed by atoms with Gasteiger partial charge in [-0.05, 0) is 80.3 Å². The number of hydrogen-bond donors (Lipinski definition) is 0. The van der Waals surface area contributed by atoms with Crippen molar-refractivity contribution in [2.24, 2.45) is 0 Å². The maximum Gasteiger partial charge on any atom is 0.343 e. The van der Waals surface area contributed by atoms with Crippen LogP contribution >= 0.6 is 0 Å². The summed E-state index contributed by atoms with van der Waals surface area (Å²) in [6.07, 6.45) is 5.69. The van der Waals surface area contributed by atoms with Crippen LogP contribution in [-0.2, 0) is 4.74 Å². The minimum atomic E-state index is -0.414. The Kier molecular flexibility index (Phi) is 9.36. The van der Waals surface area contributed by atoms with Crippen molar-refractivity contribution < 1.29 is 23.7 Å². The SMILES string of the molecule is C=CC(=C)OCCCCCCOc1ccc(C(=O)Oc2ccc(OC)cc2)cc1. The van der Waals surface area contributed by atoms with Crippen LogP contribution in [0.4, 0.5) is 0 Å². The van der Waals surface area contributed by atoms with E-state index in [0.29, 0.717) is 36.0 Å². The smallest absolute Gasteiger partial charge is 0.343 e. The second-order valence-electron chi connectivity index (χ2n) is 6.37. The maximum atomic E-state index is 12.2. The summed E-state index contributed by atoms with van der Waals surface area (Å²) in [6.45, 7) is 8.60. The number of hydrogen-bond acceptors (Lipinski definition) is 5. The van der Waals surface area contributed by atoms with E-state index in [4.69, 9.17) is 18.9 Å². The van der Waals surface area contributed by atoms with E-state index < -0.39 is 5.97 Å². The second kappa shape index (κ2) is 12.3. The predicted octanol–water partition coefficient (Wildman–Crippen LogP) is 5.57. The molecule has 0 N–H and O–H groups in total. The zero-order valence-corrected chi connectivity index (χ0v) is 16.9. The summed E-state index contributed by atoms with van der Waals surface area (Å²) >= 11 is 0. The molecule has 2 aromatic rings. The molecule has 29 heavy (non-hydrogen) atoms. The Hall–Kier alpha value is -3.21. The number of allylic oxidation sites excluding steroid dienone is 1. The molecule has 0 aromatic heterocycles. The van der Waals surface area contributed by atoms with Gasteiger partial charge in [0.05, 0.1) is 25.9 Å². The molecule has 0 bridgehead atoms. The van der Waals surface area contributed by atoms with E-state index in [1.807, 2.05) is 0 Å². The zero-order chi connectivity index (χ0) is 20.9. The summed E-state index contributed by atoms with van der Waals surface area (Å²) in [6, 6.07) is 13.8. The maximum absolute atomic E-state index is 12.2. The fourth-order valence-corrected chi connectivity index (χ4v) is 2.51.